The van der Waals surface area contributed by atoms with E-state index in [-0.39, 0.29) is 6.42 Å². The zero-order valence-corrected chi connectivity index (χ0v) is 10.1. The van der Waals surface area contributed by atoms with Crippen LogP contribution in [0.15, 0.2) is 24.3 Å². The van der Waals surface area contributed by atoms with Gasteiger partial charge in [-0.1, -0.05) is 24.3 Å². The summed E-state index contributed by atoms with van der Waals surface area (Å²) in [5.74, 6) is -1.69. The molecule has 1 aliphatic rings. The maximum absolute atomic E-state index is 11.5. The van der Waals surface area contributed by atoms with E-state index < -0.39 is 17.4 Å². The molecule has 4 heteroatoms. The summed E-state index contributed by atoms with van der Waals surface area (Å²) in [5, 5.41) is 18.1. The fourth-order valence-electron chi connectivity index (χ4n) is 2.71. The van der Waals surface area contributed by atoms with Crippen molar-refractivity contribution in [2.75, 3.05) is 0 Å². The van der Waals surface area contributed by atoms with E-state index in [1.165, 1.54) is 0 Å². The molecule has 18 heavy (non-hydrogen) atoms. The molecule has 0 fully saturated rings. The van der Waals surface area contributed by atoms with Gasteiger partial charge in [-0.25, -0.2) is 0 Å². The molecule has 0 amide bonds. The van der Waals surface area contributed by atoms with Crippen LogP contribution in [0.5, 0.6) is 0 Å². The van der Waals surface area contributed by atoms with Gasteiger partial charge in [-0.15, -0.1) is 0 Å². The van der Waals surface area contributed by atoms with Crippen LogP contribution in [0.25, 0.3) is 0 Å². The Morgan fingerprint density at radius 2 is 1.67 bits per heavy atom. The van der Waals surface area contributed by atoms with Crippen molar-refractivity contribution in [2.45, 2.75) is 32.1 Å². The van der Waals surface area contributed by atoms with Crippen LogP contribution in [0.1, 0.15) is 30.4 Å². The molecule has 2 N–H and O–H groups in total. The third-order valence-corrected chi connectivity index (χ3v) is 3.68. The van der Waals surface area contributed by atoms with Gasteiger partial charge in [0.05, 0.1) is 5.41 Å². The lowest BCUT2D eigenvalue weighted by Crippen LogP contribution is -2.32. The van der Waals surface area contributed by atoms with Gasteiger partial charge in [-0.05, 0) is 36.8 Å². The molecule has 1 aromatic carbocycles. The molecule has 2 rings (SSSR count). The van der Waals surface area contributed by atoms with Crippen molar-refractivity contribution in [2.24, 2.45) is 5.41 Å². The maximum Gasteiger partial charge on any atom is 0.310 e. The molecule has 0 bridgehead atoms. The lowest BCUT2D eigenvalue weighted by Gasteiger charge is -2.23. The lowest BCUT2D eigenvalue weighted by molar-refractivity contribution is -0.149. The molecule has 96 valence electrons. The van der Waals surface area contributed by atoms with Crippen LogP contribution in [0.4, 0.5) is 0 Å². The monoisotopic (exact) mass is 248 g/mol. The second-order valence-electron chi connectivity index (χ2n) is 4.96. The minimum atomic E-state index is -0.869. The number of hydrogen-bond donors (Lipinski definition) is 2. The Bertz CT molecular complexity index is 453. The van der Waals surface area contributed by atoms with Gasteiger partial charge in [-0.3, -0.25) is 9.59 Å². The van der Waals surface area contributed by atoms with Gasteiger partial charge < -0.3 is 10.2 Å². The maximum atomic E-state index is 11.5. The first-order chi connectivity index (χ1) is 8.53. The molecular formula is C14H16O4. The smallest absolute Gasteiger partial charge is 0.310 e. The van der Waals surface area contributed by atoms with Crippen LogP contribution in [-0.2, 0) is 22.4 Å². The van der Waals surface area contributed by atoms with Crippen LogP contribution in [-0.4, -0.2) is 22.2 Å². The third kappa shape index (κ3) is 2.37. The predicted octanol–water partition coefficient (Wildman–Crippen LogP) is 2.11. The molecule has 0 spiro atoms. The average Bonchev–Trinajstić information content (AvgIpc) is 2.68. The van der Waals surface area contributed by atoms with E-state index >= 15 is 0 Å². The van der Waals surface area contributed by atoms with Gasteiger partial charge in [-0.2, -0.15) is 0 Å². The van der Waals surface area contributed by atoms with E-state index in [9.17, 15) is 14.7 Å². The van der Waals surface area contributed by atoms with Gasteiger partial charge in [0, 0.05) is 6.42 Å². The van der Waals surface area contributed by atoms with Crippen molar-refractivity contribution in [3.05, 3.63) is 35.4 Å². The Hall–Kier alpha value is -1.84. The molecular weight excluding hydrogens is 232 g/mol. The number of carboxylic acid groups (broad SMARTS) is 2. The number of fused-ring (bicyclic) bond motifs is 1. The third-order valence-electron chi connectivity index (χ3n) is 3.68. The number of hydrogen-bond acceptors (Lipinski definition) is 2. The van der Waals surface area contributed by atoms with Gasteiger partial charge in [0.1, 0.15) is 0 Å². The Labute approximate surface area is 105 Å². The lowest BCUT2D eigenvalue weighted by atomic mass is 9.80. The SMILES string of the molecule is O=C(O)CCCC1(C(=O)O)Cc2ccccc2C1. The highest BCUT2D eigenvalue weighted by Gasteiger charge is 2.43. The number of benzene rings is 1. The molecule has 0 aliphatic heterocycles. The number of aliphatic carboxylic acids is 2. The van der Waals surface area contributed by atoms with Crippen LogP contribution in [0, 0.1) is 5.41 Å². The van der Waals surface area contributed by atoms with E-state index in [4.69, 9.17) is 5.11 Å². The molecule has 4 nitrogen and oxygen atoms in total. The quantitative estimate of drug-likeness (QED) is 0.836. The summed E-state index contributed by atoms with van der Waals surface area (Å²) < 4.78 is 0. The first-order valence-corrected chi connectivity index (χ1v) is 6.05. The van der Waals surface area contributed by atoms with Crippen LogP contribution >= 0.6 is 0 Å². The zero-order chi connectivity index (χ0) is 13.2. The summed E-state index contributed by atoms with van der Waals surface area (Å²) in [5.41, 5.74) is 1.35. The average molecular weight is 248 g/mol. The fraction of sp³-hybridized carbons (Fsp3) is 0.429. The van der Waals surface area contributed by atoms with E-state index in [0.29, 0.717) is 25.7 Å². The Balaban J connectivity index is 2.12. The molecule has 0 aromatic heterocycles. The van der Waals surface area contributed by atoms with E-state index in [0.717, 1.165) is 11.1 Å². The van der Waals surface area contributed by atoms with Gasteiger partial charge in [0.15, 0.2) is 0 Å². The number of carboxylic acids is 2. The molecule has 0 saturated carbocycles. The highest BCUT2D eigenvalue weighted by Crippen LogP contribution is 2.41. The van der Waals surface area contributed by atoms with Crippen molar-refractivity contribution in [1.29, 1.82) is 0 Å². The molecule has 0 radical (unpaired) electrons. The highest BCUT2D eigenvalue weighted by molar-refractivity contribution is 5.77. The first-order valence-electron chi connectivity index (χ1n) is 6.05. The Morgan fingerprint density at radius 3 is 2.11 bits per heavy atom. The summed E-state index contributed by atoms with van der Waals surface area (Å²) in [6.45, 7) is 0. The number of rotatable bonds is 5. The number of carbonyl (C=O) groups is 2. The van der Waals surface area contributed by atoms with E-state index in [1.807, 2.05) is 24.3 Å². The second kappa shape index (κ2) is 4.80. The van der Waals surface area contributed by atoms with Gasteiger partial charge in [0.25, 0.3) is 0 Å². The van der Waals surface area contributed by atoms with Crippen molar-refractivity contribution in [3.63, 3.8) is 0 Å². The first kappa shape index (κ1) is 12.6. The largest absolute Gasteiger partial charge is 0.481 e. The van der Waals surface area contributed by atoms with Crippen molar-refractivity contribution in [3.8, 4) is 0 Å². The zero-order valence-electron chi connectivity index (χ0n) is 10.1. The van der Waals surface area contributed by atoms with E-state index in [1.54, 1.807) is 0 Å². The minimum absolute atomic E-state index is 0.0331. The van der Waals surface area contributed by atoms with Crippen LogP contribution in [0.2, 0.25) is 0 Å². The topological polar surface area (TPSA) is 74.6 Å². The van der Waals surface area contributed by atoms with Crippen molar-refractivity contribution < 1.29 is 19.8 Å². The molecule has 0 saturated heterocycles. The molecule has 0 heterocycles. The van der Waals surface area contributed by atoms with Gasteiger partial charge >= 0.3 is 11.9 Å². The van der Waals surface area contributed by atoms with E-state index in [2.05, 4.69) is 0 Å². The van der Waals surface area contributed by atoms with Crippen LogP contribution in [0.3, 0.4) is 0 Å². The summed E-state index contributed by atoms with van der Waals surface area (Å²) >= 11 is 0. The van der Waals surface area contributed by atoms with Crippen LogP contribution < -0.4 is 0 Å². The Kier molecular flexibility index (Phi) is 3.36. The van der Waals surface area contributed by atoms with Gasteiger partial charge in [0.2, 0.25) is 0 Å². The predicted molar refractivity (Wildman–Crippen MR) is 65.4 cm³/mol. The normalized spacial score (nSPS) is 16.2. The summed E-state index contributed by atoms with van der Waals surface area (Å²) in [7, 11) is 0. The summed E-state index contributed by atoms with van der Waals surface area (Å²) in [6, 6.07) is 7.73. The highest BCUT2D eigenvalue weighted by atomic mass is 16.4. The molecule has 0 atom stereocenters. The molecule has 1 aromatic rings. The minimum Gasteiger partial charge on any atom is -0.481 e. The fourth-order valence-corrected chi connectivity index (χ4v) is 2.71. The second-order valence-corrected chi connectivity index (χ2v) is 4.96. The molecule has 1 aliphatic carbocycles. The molecule has 0 unspecified atom stereocenters. The Morgan fingerprint density at radius 1 is 1.11 bits per heavy atom. The van der Waals surface area contributed by atoms with Crippen molar-refractivity contribution >= 4 is 11.9 Å². The summed E-state index contributed by atoms with van der Waals surface area (Å²) in [4.78, 5) is 22.0. The summed E-state index contributed by atoms with van der Waals surface area (Å²) in [6.07, 6.45) is 1.89. The van der Waals surface area contributed by atoms with Crippen molar-refractivity contribution in [1.82, 2.24) is 0 Å². The standard InChI is InChI=1S/C14H16O4/c15-12(16)6-3-7-14(13(17)18)8-10-4-1-2-5-11(10)9-14/h1-2,4-5H,3,6-9H2,(H,15,16)(H,17,18).